The SMILES string of the molecule is O=C(CCN=C1NS(=O)(=O)c2ccccc21)N1CCN(C(c2ccccc2)c2ccccc2)CC1. The number of amidine groups is 1. The Morgan fingerprint density at radius 3 is 2.03 bits per heavy atom. The van der Waals surface area contributed by atoms with E-state index in [-0.39, 0.29) is 29.8 Å². The van der Waals surface area contributed by atoms with E-state index in [9.17, 15) is 13.2 Å². The van der Waals surface area contributed by atoms with Gasteiger partial charge < -0.3 is 4.90 Å². The van der Waals surface area contributed by atoms with Gasteiger partial charge in [0.05, 0.1) is 17.5 Å². The highest BCUT2D eigenvalue weighted by molar-refractivity contribution is 7.90. The van der Waals surface area contributed by atoms with Crippen LogP contribution in [-0.4, -0.2) is 62.7 Å². The molecule has 0 radical (unpaired) electrons. The van der Waals surface area contributed by atoms with Gasteiger partial charge in [-0.05, 0) is 23.3 Å². The van der Waals surface area contributed by atoms with Crippen LogP contribution in [0, 0.1) is 0 Å². The van der Waals surface area contributed by atoms with E-state index in [1.165, 1.54) is 11.1 Å². The zero-order chi connectivity index (χ0) is 24.3. The number of aliphatic imine (C=N–C) groups is 1. The van der Waals surface area contributed by atoms with Crippen LogP contribution in [0.2, 0.25) is 0 Å². The van der Waals surface area contributed by atoms with Crippen molar-refractivity contribution >= 4 is 21.8 Å². The minimum absolute atomic E-state index is 0.0408. The van der Waals surface area contributed by atoms with Crippen LogP contribution in [0.4, 0.5) is 0 Å². The van der Waals surface area contributed by atoms with Gasteiger partial charge in [-0.2, -0.15) is 0 Å². The van der Waals surface area contributed by atoms with Crippen LogP contribution in [0.1, 0.15) is 29.2 Å². The van der Waals surface area contributed by atoms with Crippen molar-refractivity contribution in [1.29, 1.82) is 0 Å². The molecule has 8 heteroatoms. The highest BCUT2D eigenvalue weighted by Crippen LogP contribution is 2.29. The Balaban J connectivity index is 1.20. The number of nitrogens with zero attached hydrogens (tertiary/aromatic N) is 3. The number of piperazine rings is 1. The normalized spacial score (nSPS) is 18.4. The molecule has 2 aliphatic heterocycles. The zero-order valence-electron chi connectivity index (χ0n) is 19.4. The van der Waals surface area contributed by atoms with Crippen molar-refractivity contribution in [2.45, 2.75) is 17.4 Å². The molecule has 180 valence electrons. The molecule has 1 amide bonds. The van der Waals surface area contributed by atoms with E-state index in [1.54, 1.807) is 24.3 Å². The highest BCUT2D eigenvalue weighted by atomic mass is 32.2. The second kappa shape index (κ2) is 10.0. The third-order valence-corrected chi connectivity index (χ3v) is 7.92. The third kappa shape index (κ3) is 4.99. The van der Waals surface area contributed by atoms with Gasteiger partial charge in [-0.1, -0.05) is 72.8 Å². The summed E-state index contributed by atoms with van der Waals surface area (Å²) >= 11 is 0. The summed E-state index contributed by atoms with van der Waals surface area (Å²) < 4.78 is 26.9. The number of carbonyl (C=O) groups excluding carboxylic acids is 1. The van der Waals surface area contributed by atoms with Gasteiger partial charge in [0.1, 0.15) is 5.84 Å². The number of hydrogen-bond acceptors (Lipinski definition) is 5. The molecule has 0 aromatic heterocycles. The van der Waals surface area contributed by atoms with E-state index in [4.69, 9.17) is 0 Å². The molecule has 35 heavy (non-hydrogen) atoms. The average Bonchev–Trinajstić information content (AvgIpc) is 3.16. The molecule has 0 spiro atoms. The van der Waals surface area contributed by atoms with E-state index < -0.39 is 10.0 Å². The zero-order valence-corrected chi connectivity index (χ0v) is 20.2. The van der Waals surface area contributed by atoms with Crippen LogP contribution in [0.5, 0.6) is 0 Å². The fourth-order valence-corrected chi connectivity index (χ4v) is 6.04. The summed E-state index contributed by atoms with van der Waals surface area (Å²) in [4.78, 5) is 21.8. The quantitative estimate of drug-likeness (QED) is 0.578. The number of nitrogens with one attached hydrogen (secondary N) is 1. The maximum atomic E-state index is 12.9. The monoisotopic (exact) mass is 488 g/mol. The predicted molar refractivity (Wildman–Crippen MR) is 136 cm³/mol. The molecule has 0 bridgehead atoms. The van der Waals surface area contributed by atoms with Gasteiger partial charge in [-0.3, -0.25) is 19.4 Å². The van der Waals surface area contributed by atoms with E-state index in [0.717, 1.165) is 13.1 Å². The van der Waals surface area contributed by atoms with E-state index in [0.29, 0.717) is 24.5 Å². The second-order valence-corrected chi connectivity index (χ2v) is 10.4. The second-order valence-electron chi connectivity index (χ2n) is 8.72. The standard InChI is InChI=1S/C27H28N4O3S/c32-25(15-16-28-27-23-13-7-8-14-24(23)35(33,34)29-27)30-17-19-31(20-18-30)26(21-9-3-1-4-10-21)22-11-5-2-6-12-22/h1-14,26H,15-20H2,(H,28,29). The van der Waals surface area contributed by atoms with Gasteiger partial charge >= 0.3 is 0 Å². The first kappa shape index (κ1) is 23.3. The minimum atomic E-state index is -3.57. The number of carbonyl (C=O) groups is 1. The first-order chi connectivity index (χ1) is 17.0. The van der Waals surface area contributed by atoms with E-state index >= 15 is 0 Å². The molecule has 0 saturated carbocycles. The lowest BCUT2D eigenvalue weighted by Gasteiger charge is -2.39. The molecule has 3 aromatic rings. The van der Waals surface area contributed by atoms with Crippen LogP contribution in [0.15, 0.2) is 94.8 Å². The Bertz CT molecular complexity index is 1280. The number of benzene rings is 3. The van der Waals surface area contributed by atoms with Crippen LogP contribution < -0.4 is 4.72 Å². The first-order valence-corrected chi connectivity index (χ1v) is 13.3. The fourth-order valence-electron chi connectivity index (χ4n) is 4.79. The van der Waals surface area contributed by atoms with Crippen LogP contribution >= 0.6 is 0 Å². The van der Waals surface area contributed by atoms with Gasteiger partial charge in [-0.25, -0.2) is 8.42 Å². The molecule has 2 aliphatic rings. The summed E-state index contributed by atoms with van der Waals surface area (Å²) in [6.07, 6.45) is 0.244. The number of rotatable bonds is 6. The van der Waals surface area contributed by atoms with Crippen molar-refractivity contribution < 1.29 is 13.2 Å². The molecule has 0 atom stereocenters. The molecule has 1 N–H and O–H groups in total. The van der Waals surface area contributed by atoms with Crippen molar-refractivity contribution in [2.24, 2.45) is 4.99 Å². The van der Waals surface area contributed by atoms with Crippen LogP contribution in [-0.2, 0) is 14.8 Å². The first-order valence-electron chi connectivity index (χ1n) is 11.8. The molecule has 0 unspecified atom stereocenters. The Hall–Kier alpha value is -3.49. The molecule has 3 aromatic carbocycles. The van der Waals surface area contributed by atoms with Gasteiger partial charge in [0.25, 0.3) is 10.0 Å². The van der Waals surface area contributed by atoms with Gasteiger partial charge in [0, 0.05) is 38.2 Å². The summed E-state index contributed by atoms with van der Waals surface area (Å²) in [5, 5.41) is 0. The average molecular weight is 489 g/mol. The predicted octanol–water partition coefficient (Wildman–Crippen LogP) is 3.05. The largest absolute Gasteiger partial charge is 0.340 e. The number of hydrogen-bond donors (Lipinski definition) is 1. The summed E-state index contributed by atoms with van der Waals surface area (Å²) in [5.41, 5.74) is 3.05. The molecule has 7 nitrogen and oxygen atoms in total. The Labute approximate surface area is 206 Å². The van der Waals surface area contributed by atoms with Crippen molar-refractivity contribution in [3.05, 3.63) is 102 Å². The minimum Gasteiger partial charge on any atom is -0.340 e. The summed E-state index contributed by atoms with van der Waals surface area (Å²) in [6.45, 7) is 3.10. The van der Waals surface area contributed by atoms with Gasteiger partial charge in [0.15, 0.2) is 0 Å². The number of sulfonamides is 1. The number of fused-ring (bicyclic) bond motifs is 1. The Kier molecular flexibility index (Phi) is 6.66. The highest BCUT2D eigenvalue weighted by Gasteiger charge is 2.31. The molecule has 0 aliphatic carbocycles. The Morgan fingerprint density at radius 2 is 1.40 bits per heavy atom. The Morgan fingerprint density at radius 1 is 0.829 bits per heavy atom. The molecule has 1 fully saturated rings. The van der Waals surface area contributed by atoms with E-state index in [1.807, 2.05) is 17.0 Å². The molecule has 5 rings (SSSR count). The number of amides is 1. The molecule has 1 saturated heterocycles. The smallest absolute Gasteiger partial charge is 0.263 e. The summed E-state index contributed by atoms with van der Waals surface area (Å²) in [6, 6.07) is 27.8. The maximum absolute atomic E-state index is 12.9. The van der Waals surface area contributed by atoms with Crippen molar-refractivity contribution in [3.63, 3.8) is 0 Å². The lowest BCUT2D eigenvalue weighted by Crippen LogP contribution is -2.50. The third-order valence-electron chi connectivity index (χ3n) is 6.52. The van der Waals surface area contributed by atoms with Gasteiger partial charge in [0.2, 0.25) is 5.91 Å². The van der Waals surface area contributed by atoms with Crippen molar-refractivity contribution in [1.82, 2.24) is 14.5 Å². The van der Waals surface area contributed by atoms with Gasteiger partial charge in [-0.15, -0.1) is 0 Å². The molecular weight excluding hydrogens is 460 g/mol. The lowest BCUT2D eigenvalue weighted by molar-refractivity contribution is -0.132. The van der Waals surface area contributed by atoms with Crippen LogP contribution in [0.25, 0.3) is 0 Å². The fraction of sp³-hybridized carbons (Fsp3) is 0.259. The van der Waals surface area contributed by atoms with Crippen LogP contribution in [0.3, 0.4) is 0 Å². The molecule has 2 heterocycles. The molecular formula is C27H28N4O3S. The van der Waals surface area contributed by atoms with Crippen molar-refractivity contribution in [3.8, 4) is 0 Å². The lowest BCUT2D eigenvalue weighted by atomic mass is 9.96. The summed E-state index contributed by atoms with van der Waals surface area (Å²) in [5.74, 6) is 0.353. The topological polar surface area (TPSA) is 82.1 Å². The summed E-state index contributed by atoms with van der Waals surface area (Å²) in [7, 11) is -3.57. The van der Waals surface area contributed by atoms with Crippen molar-refractivity contribution in [2.75, 3.05) is 32.7 Å². The van der Waals surface area contributed by atoms with E-state index in [2.05, 4.69) is 63.1 Å². The maximum Gasteiger partial charge on any atom is 0.263 e.